The van der Waals surface area contributed by atoms with Crippen LogP contribution in [0.1, 0.15) is 38.1 Å². The van der Waals surface area contributed by atoms with Crippen molar-refractivity contribution in [2.24, 2.45) is 0 Å². The van der Waals surface area contributed by atoms with Crippen LogP contribution in [0, 0.1) is 13.8 Å². The SMILES string of the molecule is Cc1ccc(C(=O)OC[C@@]2(CF)O[C@@H](n3cnc4c(=O)[nH]c(N)nc43)[C@@H](F)[C@@H]2OC(=O)c2ccc(C)cc2)cc1. The summed E-state index contributed by atoms with van der Waals surface area (Å²) in [5.41, 5.74) is 4.48. The van der Waals surface area contributed by atoms with Gasteiger partial charge in [0.1, 0.15) is 13.3 Å². The molecule has 0 saturated carbocycles. The molecule has 1 aliphatic rings. The van der Waals surface area contributed by atoms with E-state index in [1.165, 1.54) is 24.3 Å². The molecule has 208 valence electrons. The van der Waals surface area contributed by atoms with Gasteiger partial charge in [-0.1, -0.05) is 35.4 Å². The van der Waals surface area contributed by atoms with Crippen LogP contribution in [-0.2, 0) is 14.2 Å². The fraction of sp³-hybridized carbons (Fsp3) is 0.296. The number of halogens is 2. The Morgan fingerprint density at radius 3 is 2.27 bits per heavy atom. The molecule has 3 N–H and O–H groups in total. The van der Waals surface area contributed by atoms with Gasteiger partial charge in [-0.2, -0.15) is 4.98 Å². The number of esters is 2. The number of nitrogens with two attached hydrogens (primary N) is 1. The van der Waals surface area contributed by atoms with Crippen LogP contribution in [0.15, 0.2) is 59.7 Å². The number of H-pyrrole nitrogens is 1. The molecule has 2 aromatic heterocycles. The van der Waals surface area contributed by atoms with Crippen molar-refractivity contribution in [1.82, 2.24) is 19.5 Å². The number of ether oxygens (including phenoxy) is 3. The third-order valence-corrected chi connectivity index (χ3v) is 6.64. The minimum Gasteiger partial charge on any atom is -0.459 e. The zero-order chi connectivity index (χ0) is 28.6. The van der Waals surface area contributed by atoms with Crippen molar-refractivity contribution in [2.45, 2.75) is 38.0 Å². The molecule has 11 nitrogen and oxygen atoms in total. The summed E-state index contributed by atoms with van der Waals surface area (Å²) in [6.45, 7) is 1.48. The number of anilines is 1. The Morgan fingerprint density at radius 1 is 1.07 bits per heavy atom. The van der Waals surface area contributed by atoms with Gasteiger partial charge >= 0.3 is 11.9 Å². The normalized spacial score (nSPS) is 22.4. The van der Waals surface area contributed by atoms with Gasteiger partial charge < -0.3 is 19.9 Å². The van der Waals surface area contributed by atoms with E-state index in [-0.39, 0.29) is 28.2 Å². The predicted molar refractivity (Wildman–Crippen MR) is 138 cm³/mol. The second-order valence-corrected chi connectivity index (χ2v) is 9.56. The number of imidazole rings is 1. The number of hydrogen-bond acceptors (Lipinski definition) is 9. The van der Waals surface area contributed by atoms with Gasteiger partial charge in [0.15, 0.2) is 35.3 Å². The number of carbonyl (C=O) groups is 2. The zero-order valence-electron chi connectivity index (χ0n) is 21.5. The molecule has 3 heterocycles. The number of hydrogen-bond donors (Lipinski definition) is 2. The molecule has 1 aliphatic heterocycles. The van der Waals surface area contributed by atoms with E-state index in [9.17, 15) is 18.8 Å². The van der Waals surface area contributed by atoms with Gasteiger partial charge in [0, 0.05) is 0 Å². The van der Waals surface area contributed by atoms with Crippen molar-refractivity contribution < 1.29 is 32.6 Å². The summed E-state index contributed by atoms with van der Waals surface area (Å²) >= 11 is 0. The van der Waals surface area contributed by atoms with Crippen molar-refractivity contribution in [2.75, 3.05) is 19.0 Å². The topological polar surface area (TPSA) is 151 Å². The Morgan fingerprint density at radius 2 is 1.68 bits per heavy atom. The molecule has 0 bridgehead atoms. The lowest BCUT2D eigenvalue weighted by Crippen LogP contribution is -2.51. The van der Waals surface area contributed by atoms with Crippen LogP contribution >= 0.6 is 0 Å². The Bertz CT molecular complexity index is 1620. The molecule has 0 radical (unpaired) electrons. The molecule has 0 aliphatic carbocycles. The first-order valence-corrected chi connectivity index (χ1v) is 12.2. The summed E-state index contributed by atoms with van der Waals surface area (Å²) in [4.78, 5) is 48.2. The molecule has 4 aromatic rings. The highest BCUT2D eigenvalue weighted by Crippen LogP contribution is 2.43. The largest absolute Gasteiger partial charge is 0.459 e. The number of benzene rings is 2. The summed E-state index contributed by atoms with van der Waals surface area (Å²) in [5, 5.41) is 0. The summed E-state index contributed by atoms with van der Waals surface area (Å²) in [6.07, 6.45) is -4.64. The molecular weight excluding hydrogens is 528 g/mol. The molecule has 0 amide bonds. The van der Waals surface area contributed by atoms with E-state index in [4.69, 9.17) is 19.9 Å². The van der Waals surface area contributed by atoms with Gasteiger partial charge in [0.2, 0.25) is 5.95 Å². The standard InChI is InChI=1S/C27H25F2N5O6/c1-14-3-7-16(8-4-14)24(36)38-12-27(11-28)20(39-25(37)17-9-5-15(2)6-10-17)18(29)23(40-27)34-13-31-19-21(34)32-26(30)33-22(19)35/h3-10,13,18,20,23H,11-12H2,1-2H3,(H3,30,32,33,35)/t18-,20-,23+,27+/m0/s1. The van der Waals surface area contributed by atoms with Crippen molar-refractivity contribution in [3.05, 3.63) is 87.5 Å². The van der Waals surface area contributed by atoms with Crippen molar-refractivity contribution in [3.8, 4) is 0 Å². The van der Waals surface area contributed by atoms with Gasteiger partial charge in [-0.05, 0) is 38.1 Å². The Balaban J connectivity index is 1.50. The van der Waals surface area contributed by atoms with Gasteiger partial charge in [-0.15, -0.1) is 0 Å². The highest BCUT2D eigenvalue weighted by Gasteiger charge is 2.60. The fourth-order valence-corrected chi connectivity index (χ4v) is 4.42. The molecule has 0 unspecified atom stereocenters. The molecule has 0 spiro atoms. The maximum atomic E-state index is 16.2. The quantitative estimate of drug-likeness (QED) is 0.329. The lowest BCUT2D eigenvalue weighted by atomic mass is 9.97. The second-order valence-electron chi connectivity index (χ2n) is 9.56. The maximum absolute atomic E-state index is 16.2. The smallest absolute Gasteiger partial charge is 0.338 e. The van der Waals surface area contributed by atoms with Crippen LogP contribution in [0.25, 0.3) is 11.2 Å². The number of rotatable bonds is 7. The summed E-state index contributed by atoms with van der Waals surface area (Å²) in [6, 6.07) is 12.7. The lowest BCUT2D eigenvalue weighted by Gasteiger charge is -2.30. The van der Waals surface area contributed by atoms with Gasteiger partial charge in [-0.25, -0.2) is 23.4 Å². The molecule has 13 heteroatoms. The molecule has 5 rings (SSSR count). The van der Waals surface area contributed by atoms with Gasteiger partial charge in [-0.3, -0.25) is 14.3 Å². The van der Waals surface area contributed by atoms with Crippen LogP contribution in [0.4, 0.5) is 14.7 Å². The maximum Gasteiger partial charge on any atom is 0.338 e. The van der Waals surface area contributed by atoms with Crippen molar-refractivity contribution in [1.29, 1.82) is 0 Å². The van der Waals surface area contributed by atoms with E-state index in [1.807, 2.05) is 13.8 Å². The van der Waals surface area contributed by atoms with E-state index < -0.39 is 54.9 Å². The third kappa shape index (κ3) is 4.91. The highest BCUT2D eigenvalue weighted by molar-refractivity contribution is 5.90. The summed E-state index contributed by atoms with van der Waals surface area (Å²) in [5.74, 6) is -2.01. The molecule has 40 heavy (non-hydrogen) atoms. The minimum atomic E-state index is -2.24. The Hall–Kier alpha value is -4.65. The lowest BCUT2D eigenvalue weighted by molar-refractivity contribution is -0.140. The van der Waals surface area contributed by atoms with E-state index in [2.05, 4.69) is 15.0 Å². The van der Waals surface area contributed by atoms with E-state index >= 15 is 4.39 Å². The van der Waals surface area contributed by atoms with Crippen LogP contribution in [0.3, 0.4) is 0 Å². The molecular formula is C27H25F2N5O6. The van der Waals surface area contributed by atoms with Gasteiger partial charge in [0.25, 0.3) is 5.56 Å². The molecule has 2 aromatic carbocycles. The summed E-state index contributed by atoms with van der Waals surface area (Å²) in [7, 11) is 0. The number of nitrogens with one attached hydrogen (secondary N) is 1. The van der Waals surface area contributed by atoms with E-state index in [0.29, 0.717) is 0 Å². The summed E-state index contributed by atoms with van der Waals surface area (Å²) < 4.78 is 48.7. The number of nitrogens with zero attached hydrogens (tertiary/aromatic N) is 3. The molecule has 4 atom stereocenters. The third-order valence-electron chi connectivity index (χ3n) is 6.64. The Labute approximate surface area is 225 Å². The first kappa shape index (κ1) is 26.9. The molecule has 1 fully saturated rings. The van der Waals surface area contributed by atoms with Crippen molar-refractivity contribution in [3.63, 3.8) is 0 Å². The molecule has 1 saturated heterocycles. The Kier molecular flexibility index (Phi) is 7.06. The number of aromatic nitrogens is 4. The average Bonchev–Trinajstić information content (AvgIpc) is 3.47. The van der Waals surface area contributed by atoms with Crippen LogP contribution < -0.4 is 11.3 Å². The number of aryl methyl sites for hydroxylation is 2. The zero-order valence-corrected chi connectivity index (χ0v) is 21.5. The van der Waals surface area contributed by atoms with Crippen molar-refractivity contribution >= 4 is 29.1 Å². The number of carbonyl (C=O) groups excluding carboxylic acids is 2. The monoisotopic (exact) mass is 553 g/mol. The van der Waals surface area contributed by atoms with Crippen LogP contribution in [0.2, 0.25) is 0 Å². The first-order chi connectivity index (χ1) is 19.1. The number of aromatic amines is 1. The van der Waals surface area contributed by atoms with Crippen LogP contribution in [0.5, 0.6) is 0 Å². The first-order valence-electron chi connectivity index (χ1n) is 12.2. The number of nitrogen functional groups attached to an aromatic ring is 1. The predicted octanol–water partition coefficient (Wildman–Crippen LogP) is 2.98. The fourth-order valence-electron chi connectivity index (χ4n) is 4.42. The highest BCUT2D eigenvalue weighted by atomic mass is 19.1. The number of fused-ring (bicyclic) bond motifs is 1. The van der Waals surface area contributed by atoms with E-state index in [1.54, 1.807) is 24.3 Å². The van der Waals surface area contributed by atoms with E-state index in [0.717, 1.165) is 22.0 Å². The number of alkyl halides is 2. The second kappa shape index (κ2) is 10.5. The average molecular weight is 554 g/mol. The van der Waals surface area contributed by atoms with Gasteiger partial charge in [0.05, 0.1) is 17.5 Å². The van der Waals surface area contributed by atoms with Crippen LogP contribution in [-0.4, -0.2) is 62.6 Å². The minimum absolute atomic E-state index is 0.0970.